The maximum absolute atomic E-state index is 11.6. The Morgan fingerprint density at radius 1 is 1.08 bits per heavy atom. The van der Waals surface area contributed by atoms with E-state index in [4.69, 9.17) is 4.74 Å². The van der Waals surface area contributed by atoms with E-state index in [0.717, 1.165) is 35.1 Å². The predicted molar refractivity (Wildman–Crippen MR) is 104 cm³/mol. The molecule has 3 N–H and O–H groups in total. The third-order valence-corrected chi connectivity index (χ3v) is 4.20. The van der Waals surface area contributed by atoms with Crippen molar-refractivity contribution in [3.05, 3.63) is 65.9 Å². The van der Waals surface area contributed by atoms with Gasteiger partial charge in [0.2, 0.25) is 0 Å². The molecule has 3 aromatic rings. The van der Waals surface area contributed by atoms with Gasteiger partial charge in [-0.05, 0) is 36.1 Å². The first-order chi connectivity index (χ1) is 12.8. The molecule has 0 atom stereocenters. The second-order valence-corrected chi connectivity index (χ2v) is 6.23. The highest BCUT2D eigenvalue weighted by Crippen LogP contribution is 2.24. The highest BCUT2D eigenvalue weighted by atomic mass is 16.5. The summed E-state index contributed by atoms with van der Waals surface area (Å²) < 4.78 is 5.87. The van der Waals surface area contributed by atoms with Gasteiger partial charge in [-0.1, -0.05) is 37.3 Å². The molecule has 2 amide bonds. The predicted octanol–water partition coefficient (Wildman–Crippen LogP) is 4.00. The fourth-order valence-electron chi connectivity index (χ4n) is 2.81. The van der Waals surface area contributed by atoms with Crippen LogP contribution >= 0.6 is 0 Å². The van der Waals surface area contributed by atoms with Gasteiger partial charge in [0.25, 0.3) is 0 Å². The largest absolute Gasteiger partial charge is 0.489 e. The number of hydrogen-bond acceptors (Lipinski definition) is 2. The molecule has 1 heterocycles. The van der Waals surface area contributed by atoms with Crippen LogP contribution < -0.4 is 15.4 Å². The Morgan fingerprint density at radius 3 is 2.69 bits per heavy atom. The third-order valence-electron chi connectivity index (χ3n) is 4.20. The zero-order valence-corrected chi connectivity index (χ0v) is 15.0. The standard InChI is InChI=1S/C21H25N3O2/c1-2-11-22-21(25)23-12-10-17-14-24-20-13-18(8-9-19(17)20)26-15-16-6-4-3-5-7-16/h3-9,13-14,24H,2,10-12,15H2,1H3,(H2,22,23,25). The van der Waals surface area contributed by atoms with Crippen molar-refractivity contribution in [3.63, 3.8) is 0 Å². The van der Waals surface area contributed by atoms with E-state index in [1.54, 1.807) is 0 Å². The number of H-pyrrole nitrogens is 1. The van der Waals surface area contributed by atoms with Gasteiger partial charge in [0, 0.05) is 36.3 Å². The molecule has 5 nitrogen and oxygen atoms in total. The minimum atomic E-state index is -0.108. The number of nitrogens with one attached hydrogen (secondary N) is 3. The molecule has 0 aliphatic heterocycles. The molecule has 0 unspecified atom stereocenters. The van der Waals surface area contributed by atoms with Gasteiger partial charge in [-0.3, -0.25) is 0 Å². The van der Waals surface area contributed by atoms with Crippen LogP contribution in [0, 0.1) is 0 Å². The summed E-state index contributed by atoms with van der Waals surface area (Å²) in [5.74, 6) is 0.840. The van der Waals surface area contributed by atoms with Crippen LogP contribution in [0.4, 0.5) is 4.79 Å². The summed E-state index contributed by atoms with van der Waals surface area (Å²) in [6, 6.07) is 16.1. The highest BCUT2D eigenvalue weighted by Gasteiger charge is 2.06. The molecule has 0 spiro atoms. The van der Waals surface area contributed by atoms with E-state index in [2.05, 4.69) is 33.8 Å². The van der Waals surface area contributed by atoms with Crippen molar-refractivity contribution in [2.75, 3.05) is 13.1 Å². The Balaban J connectivity index is 1.56. The number of ether oxygens (including phenoxy) is 1. The molecule has 0 radical (unpaired) electrons. The molecule has 3 rings (SSSR count). The molecule has 0 bridgehead atoms. The minimum absolute atomic E-state index is 0.108. The first-order valence-corrected chi connectivity index (χ1v) is 9.04. The van der Waals surface area contributed by atoms with Gasteiger partial charge in [-0.25, -0.2) is 4.79 Å². The van der Waals surface area contributed by atoms with Crippen LogP contribution in [-0.2, 0) is 13.0 Å². The number of rotatable bonds is 8. The van der Waals surface area contributed by atoms with E-state index in [0.29, 0.717) is 19.7 Å². The van der Waals surface area contributed by atoms with Gasteiger partial charge in [0.1, 0.15) is 12.4 Å². The van der Waals surface area contributed by atoms with E-state index in [1.165, 1.54) is 5.56 Å². The maximum Gasteiger partial charge on any atom is 0.314 e. The first kappa shape index (κ1) is 17.9. The van der Waals surface area contributed by atoms with Gasteiger partial charge in [-0.2, -0.15) is 0 Å². The van der Waals surface area contributed by atoms with Gasteiger partial charge < -0.3 is 20.4 Å². The average molecular weight is 351 g/mol. The fourth-order valence-corrected chi connectivity index (χ4v) is 2.81. The van der Waals surface area contributed by atoms with Crippen LogP contribution in [0.1, 0.15) is 24.5 Å². The Kier molecular flexibility index (Phi) is 6.14. The fraction of sp³-hybridized carbons (Fsp3) is 0.286. The van der Waals surface area contributed by atoms with Crippen molar-refractivity contribution in [2.24, 2.45) is 0 Å². The summed E-state index contributed by atoms with van der Waals surface area (Å²) in [4.78, 5) is 14.9. The van der Waals surface area contributed by atoms with Gasteiger partial charge >= 0.3 is 6.03 Å². The molecular formula is C21H25N3O2. The van der Waals surface area contributed by atoms with E-state index >= 15 is 0 Å². The van der Waals surface area contributed by atoms with Gasteiger partial charge in [-0.15, -0.1) is 0 Å². The van der Waals surface area contributed by atoms with E-state index in [-0.39, 0.29) is 6.03 Å². The van der Waals surface area contributed by atoms with Crippen molar-refractivity contribution in [2.45, 2.75) is 26.4 Å². The molecule has 0 aliphatic carbocycles. The number of benzene rings is 2. The molecular weight excluding hydrogens is 326 g/mol. The Labute approximate surface area is 153 Å². The maximum atomic E-state index is 11.6. The molecule has 136 valence electrons. The second-order valence-electron chi connectivity index (χ2n) is 6.23. The molecule has 26 heavy (non-hydrogen) atoms. The second kappa shape index (κ2) is 8.94. The summed E-state index contributed by atoms with van der Waals surface area (Å²) >= 11 is 0. The number of amides is 2. The lowest BCUT2D eigenvalue weighted by molar-refractivity contribution is 0.241. The number of aromatic amines is 1. The summed E-state index contributed by atoms with van der Waals surface area (Å²) in [6.45, 7) is 3.89. The van der Waals surface area contributed by atoms with Crippen LogP contribution in [0.25, 0.3) is 10.9 Å². The summed E-state index contributed by atoms with van der Waals surface area (Å²) in [7, 11) is 0. The number of fused-ring (bicyclic) bond motifs is 1. The van der Waals surface area contributed by atoms with Crippen LogP contribution in [0.15, 0.2) is 54.7 Å². The number of hydrogen-bond donors (Lipinski definition) is 3. The monoisotopic (exact) mass is 351 g/mol. The zero-order chi connectivity index (χ0) is 18.2. The lowest BCUT2D eigenvalue weighted by atomic mass is 10.1. The van der Waals surface area contributed by atoms with Crippen LogP contribution in [-0.4, -0.2) is 24.1 Å². The summed E-state index contributed by atoms with van der Waals surface area (Å²) in [5.41, 5.74) is 3.37. The average Bonchev–Trinajstić information content (AvgIpc) is 3.08. The molecule has 0 saturated heterocycles. The van der Waals surface area contributed by atoms with E-state index in [1.807, 2.05) is 43.5 Å². The Bertz CT molecular complexity index is 843. The summed E-state index contributed by atoms with van der Waals surface area (Å²) in [5, 5.41) is 6.85. The van der Waals surface area contributed by atoms with E-state index in [9.17, 15) is 4.79 Å². The lowest BCUT2D eigenvalue weighted by Crippen LogP contribution is -2.36. The van der Waals surface area contributed by atoms with Gasteiger partial charge in [0.05, 0.1) is 0 Å². The molecule has 0 saturated carbocycles. The zero-order valence-electron chi connectivity index (χ0n) is 15.0. The Hall–Kier alpha value is -2.95. The molecule has 2 aromatic carbocycles. The van der Waals surface area contributed by atoms with Crippen molar-refractivity contribution >= 4 is 16.9 Å². The van der Waals surface area contributed by atoms with Crippen LogP contribution in [0.3, 0.4) is 0 Å². The highest BCUT2D eigenvalue weighted by molar-refractivity contribution is 5.84. The molecule has 0 aliphatic rings. The van der Waals surface area contributed by atoms with E-state index < -0.39 is 0 Å². The lowest BCUT2D eigenvalue weighted by Gasteiger charge is -2.07. The topological polar surface area (TPSA) is 66.2 Å². The Morgan fingerprint density at radius 2 is 1.88 bits per heavy atom. The van der Waals surface area contributed by atoms with Crippen molar-refractivity contribution in [1.82, 2.24) is 15.6 Å². The number of carbonyl (C=O) groups is 1. The summed E-state index contributed by atoms with van der Waals surface area (Å²) in [6.07, 6.45) is 3.71. The van der Waals surface area contributed by atoms with Crippen molar-refractivity contribution in [1.29, 1.82) is 0 Å². The normalized spacial score (nSPS) is 10.7. The first-order valence-electron chi connectivity index (χ1n) is 9.04. The van der Waals surface area contributed by atoms with Gasteiger partial charge in [0.15, 0.2) is 0 Å². The smallest absolute Gasteiger partial charge is 0.314 e. The van der Waals surface area contributed by atoms with Crippen molar-refractivity contribution in [3.8, 4) is 5.75 Å². The number of aromatic nitrogens is 1. The number of carbonyl (C=O) groups excluding carboxylic acids is 1. The van der Waals surface area contributed by atoms with Crippen LogP contribution in [0.5, 0.6) is 5.75 Å². The quantitative estimate of drug-likeness (QED) is 0.574. The third kappa shape index (κ3) is 4.79. The number of urea groups is 1. The van der Waals surface area contributed by atoms with Crippen molar-refractivity contribution < 1.29 is 9.53 Å². The molecule has 0 fully saturated rings. The SMILES string of the molecule is CCCNC(=O)NCCc1c[nH]c2cc(OCc3ccccc3)ccc12. The molecule has 5 heteroatoms. The van der Waals surface area contributed by atoms with Crippen LogP contribution in [0.2, 0.25) is 0 Å². The minimum Gasteiger partial charge on any atom is -0.489 e. The molecule has 1 aromatic heterocycles.